The van der Waals surface area contributed by atoms with Crippen molar-refractivity contribution in [3.8, 4) is 0 Å². The highest BCUT2D eigenvalue weighted by atomic mass is 16.5. The quantitative estimate of drug-likeness (QED) is 0.753. The zero-order valence-electron chi connectivity index (χ0n) is 12.3. The third kappa shape index (κ3) is 5.39. The van der Waals surface area contributed by atoms with Crippen molar-refractivity contribution >= 4 is 5.91 Å². The lowest BCUT2D eigenvalue weighted by Crippen LogP contribution is -2.25. The zero-order valence-corrected chi connectivity index (χ0v) is 12.3. The van der Waals surface area contributed by atoms with Gasteiger partial charge in [-0.1, -0.05) is 30.3 Å². The van der Waals surface area contributed by atoms with Crippen LogP contribution >= 0.6 is 0 Å². The Morgan fingerprint density at radius 2 is 2.10 bits per heavy atom. The minimum absolute atomic E-state index is 0.0904. The Labute approximate surface area is 124 Å². The van der Waals surface area contributed by atoms with Crippen molar-refractivity contribution < 1.29 is 9.53 Å². The van der Waals surface area contributed by atoms with Crippen LogP contribution in [0.25, 0.3) is 0 Å². The number of aromatic nitrogens is 2. The predicted molar refractivity (Wildman–Crippen MR) is 81.1 cm³/mol. The van der Waals surface area contributed by atoms with Gasteiger partial charge in [-0.2, -0.15) is 5.10 Å². The minimum Gasteiger partial charge on any atom is -0.381 e. The Hall–Kier alpha value is -2.14. The standard InChI is InChI=1S/C16H21N3O2/c1-19-13-15(12-18-19)16(20)17-9-5-10-21-11-8-14-6-3-2-4-7-14/h2-4,6-7,12-13H,5,8-11H2,1H3,(H,17,20). The smallest absolute Gasteiger partial charge is 0.254 e. The maximum absolute atomic E-state index is 11.7. The van der Waals surface area contributed by atoms with Gasteiger partial charge in [-0.05, 0) is 18.4 Å². The summed E-state index contributed by atoms with van der Waals surface area (Å²) < 4.78 is 7.17. The van der Waals surface area contributed by atoms with E-state index in [9.17, 15) is 4.79 Å². The fourth-order valence-electron chi connectivity index (χ4n) is 1.95. The van der Waals surface area contributed by atoms with Crippen LogP contribution in [0.15, 0.2) is 42.7 Å². The van der Waals surface area contributed by atoms with Gasteiger partial charge in [0.2, 0.25) is 0 Å². The van der Waals surface area contributed by atoms with Crippen molar-refractivity contribution in [1.82, 2.24) is 15.1 Å². The molecule has 0 radical (unpaired) electrons. The summed E-state index contributed by atoms with van der Waals surface area (Å²) in [5.74, 6) is -0.0904. The zero-order chi connectivity index (χ0) is 14.9. The number of rotatable bonds is 8. The Morgan fingerprint density at radius 3 is 2.81 bits per heavy atom. The number of amides is 1. The van der Waals surface area contributed by atoms with Gasteiger partial charge in [0.05, 0.1) is 18.4 Å². The maximum atomic E-state index is 11.7. The van der Waals surface area contributed by atoms with Crippen molar-refractivity contribution in [2.75, 3.05) is 19.8 Å². The van der Waals surface area contributed by atoms with Gasteiger partial charge in [-0.15, -0.1) is 0 Å². The molecule has 0 saturated carbocycles. The molecule has 2 rings (SSSR count). The molecule has 2 aromatic rings. The summed E-state index contributed by atoms with van der Waals surface area (Å²) in [6.45, 7) is 1.97. The van der Waals surface area contributed by atoms with E-state index in [4.69, 9.17) is 4.74 Å². The first-order valence-electron chi connectivity index (χ1n) is 7.14. The first-order chi connectivity index (χ1) is 10.3. The molecule has 0 aliphatic carbocycles. The van der Waals surface area contributed by atoms with E-state index in [0.717, 1.165) is 12.8 Å². The summed E-state index contributed by atoms with van der Waals surface area (Å²) in [7, 11) is 1.79. The SMILES string of the molecule is Cn1cc(C(=O)NCCCOCCc2ccccc2)cn1. The van der Waals surface area contributed by atoms with E-state index in [1.807, 2.05) is 18.2 Å². The summed E-state index contributed by atoms with van der Waals surface area (Å²) >= 11 is 0. The summed E-state index contributed by atoms with van der Waals surface area (Å²) in [6, 6.07) is 10.3. The lowest BCUT2D eigenvalue weighted by molar-refractivity contribution is 0.0942. The third-order valence-electron chi connectivity index (χ3n) is 3.10. The summed E-state index contributed by atoms with van der Waals surface area (Å²) in [4.78, 5) is 11.7. The van der Waals surface area contributed by atoms with Crippen molar-refractivity contribution in [3.05, 3.63) is 53.9 Å². The van der Waals surface area contributed by atoms with Crippen LogP contribution in [-0.4, -0.2) is 35.4 Å². The van der Waals surface area contributed by atoms with Crippen molar-refractivity contribution in [2.24, 2.45) is 7.05 Å². The molecule has 0 aliphatic heterocycles. The van der Waals surface area contributed by atoms with Gasteiger partial charge in [0.1, 0.15) is 0 Å². The Kier molecular flexibility index (Phi) is 5.97. The van der Waals surface area contributed by atoms with Crippen LogP contribution in [0.3, 0.4) is 0 Å². The molecule has 1 heterocycles. The van der Waals surface area contributed by atoms with Crippen LogP contribution in [-0.2, 0) is 18.2 Å². The first-order valence-corrected chi connectivity index (χ1v) is 7.14. The van der Waals surface area contributed by atoms with Gasteiger partial charge in [-0.25, -0.2) is 0 Å². The maximum Gasteiger partial charge on any atom is 0.254 e. The van der Waals surface area contributed by atoms with Crippen LogP contribution in [0, 0.1) is 0 Å². The Morgan fingerprint density at radius 1 is 1.29 bits per heavy atom. The number of nitrogens with one attached hydrogen (secondary N) is 1. The molecule has 1 N–H and O–H groups in total. The van der Waals surface area contributed by atoms with E-state index in [0.29, 0.717) is 25.3 Å². The lowest BCUT2D eigenvalue weighted by atomic mass is 10.2. The molecule has 5 nitrogen and oxygen atoms in total. The van der Waals surface area contributed by atoms with Crippen molar-refractivity contribution in [3.63, 3.8) is 0 Å². The molecule has 21 heavy (non-hydrogen) atoms. The molecule has 0 aliphatic rings. The summed E-state index contributed by atoms with van der Waals surface area (Å²) in [5, 5.41) is 6.81. The van der Waals surface area contributed by atoms with E-state index < -0.39 is 0 Å². The summed E-state index contributed by atoms with van der Waals surface area (Å²) in [6.07, 6.45) is 4.99. The number of hydrogen-bond donors (Lipinski definition) is 1. The molecule has 0 atom stereocenters. The van der Waals surface area contributed by atoms with Crippen LogP contribution in [0.4, 0.5) is 0 Å². The van der Waals surface area contributed by atoms with Crippen LogP contribution in [0.2, 0.25) is 0 Å². The van der Waals surface area contributed by atoms with E-state index in [1.165, 1.54) is 5.56 Å². The van der Waals surface area contributed by atoms with Crippen LogP contribution in [0.1, 0.15) is 22.3 Å². The van der Waals surface area contributed by atoms with Gasteiger partial charge in [0, 0.05) is 26.4 Å². The van der Waals surface area contributed by atoms with E-state index in [1.54, 1.807) is 24.1 Å². The second-order valence-corrected chi connectivity index (χ2v) is 4.86. The Balaban J connectivity index is 1.51. The molecule has 1 amide bonds. The number of aryl methyl sites for hydroxylation is 1. The highest BCUT2D eigenvalue weighted by molar-refractivity contribution is 5.93. The van der Waals surface area contributed by atoms with Gasteiger partial charge < -0.3 is 10.1 Å². The molecular weight excluding hydrogens is 266 g/mol. The number of carbonyl (C=O) groups excluding carboxylic acids is 1. The second kappa shape index (κ2) is 8.21. The van der Waals surface area contributed by atoms with Gasteiger partial charge in [0.25, 0.3) is 5.91 Å². The highest BCUT2D eigenvalue weighted by Crippen LogP contribution is 2.00. The van der Waals surface area contributed by atoms with Gasteiger partial charge in [-0.3, -0.25) is 9.48 Å². The molecule has 1 aromatic carbocycles. The van der Waals surface area contributed by atoms with Gasteiger partial charge in [0.15, 0.2) is 0 Å². The van der Waals surface area contributed by atoms with Gasteiger partial charge >= 0.3 is 0 Å². The molecule has 0 fully saturated rings. The minimum atomic E-state index is -0.0904. The highest BCUT2D eigenvalue weighted by Gasteiger charge is 2.06. The average molecular weight is 287 g/mol. The molecule has 112 valence electrons. The number of hydrogen-bond acceptors (Lipinski definition) is 3. The molecule has 0 spiro atoms. The molecule has 0 saturated heterocycles. The number of ether oxygens (including phenoxy) is 1. The molecule has 5 heteroatoms. The van der Waals surface area contributed by atoms with Crippen molar-refractivity contribution in [1.29, 1.82) is 0 Å². The van der Waals surface area contributed by atoms with Crippen LogP contribution < -0.4 is 5.32 Å². The topological polar surface area (TPSA) is 56.2 Å². The molecule has 0 unspecified atom stereocenters. The monoisotopic (exact) mass is 287 g/mol. The summed E-state index contributed by atoms with van der Waals surface area (Å²) in [5.41, 5.74) is 1.87. The fraction of sp³-hybridized carbons (Fsp3) is 0.375. The molecular formula is C16H21N3O2. The van der Waals surface area contributed by atoms with Crippen LogP contribution in [0.5, 0.6) is 0 Å². The lowest BCUT2D eigenvalue weighted by Gasteiger charge is -2.05. The third-order valence-corrected chi connectivity index (χ3v) is 3.10. The fourth-order valence-corrected chi connectivity index (χ4v) is 1.95. The molecule has 1 aromatic heterocycles. The van der Waals surface area contributed by atoms with E-state index in [-0.39, 0.29) is 5.91 Å². The van der Waals surface area contributed by atoms with Crippen molar-refractivity contribution in [2.45, 2.75) is 12.8 Å². The van der Waals surface area contributed by atoms with E-state index >= 15 is 0 Å². The predicted octanol–water partition coefficient (Wildman–Crippen LogP) is 1.80. The number of carbonyl (C=O) groups is 1. The first kappa shape index (κ1) is 15.3. The number of nitrogens with zero attached hydrogens (tertiary/aromatic N) is 2. The second-order valence-electron chi connectivity index (χ2n) is 4.86. The average Bonchev–Trinajstić information content (AvgIpc) is 2.94. The molecule has 0 bridgehead atoms. The largest absolute Gasteiger partial charge is 0.381 e. The number of benzene rings is 1. The van der Waals surface area contributed by atoms with E-state index in [2.05, 4.69) is 22.5 Å². The Bertz CT molecular complexity index is 552. The normalized spacial score (nSPS) is 10.5.